The first-order valence-electron chi connectivity index (χ1n) is 5.50. The lowest BCUT2D eigenvalue weighted by molar-refractivity contribution is 0.507. The summed E-state index contributed by atoms with van der Waals surface area (Å²) in [6.45, 7) is 1.91. The van der Waals surface area contributed by atoms with Crippen LogP contribution < -0.4 is 5.73 Å². The standard InChI is InChI=1S/C13H12BrF2NO/c1-2-12-7(3-4-18-12)13(17)8-5-11(16)9(14)6-10(8)15/h3-6,13H,2,17H2,1H3. The average molecular weight is 316 g/mol. The van der Waals surface area contributed by atoms with Gasteiger partial charge in [-0.05, 0) is 34.1 Å². The number of hydrogen-bond donors (Lipinski definition) is 1. The van der Waals surface area contributed by atoms with Gasteiger partial charge < -0.3 is 10.2 Å². The number of rotatable bonds is 3. The van der Waals surface area contributed by atoms with Crippen LogP contribution in [0.1, 0.15) is 29.9 Å². The van der Waals surface area contributed by atoms with E-state index in [1.807, 2.05) is 6.92 Å². The van der Waals surface area contributed by atoms with Crippen LogP contribution in [0.5, 0.6) is 0 Å². The molecule has 2 aromatic rings. The van der Waals surface area contributed by atoms with Crippen molar-refractivity contribution in [3.8, 4) is 0 Å². The Hall–Kier alpha value is -1.20. The Labute approximate surface area is 112 Å². The minimum Gasteiger partial charge on any atom is -0.469 e. The van der Waals surface area contributed by atoms with Crippen LogP contribution in [0.25, 0.3) is 0 Å². The van der Waals surface area contributed by atoms with Gasteiger partial charge in [0.1, 0.15) is 17.4 Å². The summed E-state index contributed by atoms with van der Waals surface area (Å²) in [7, 11) is 0. The summed E-state index contributed by atoms with van der Waals surface area (Å²) in [6, 6.07) is 3.14. The summed E-state index contributed by atoms with van der Waals surface area (Å²) in [5, 5.41) is 0. The van der Waals surface area contributed by atoms with E-state index in [0.717, 1.165) is 12.1 Å². The molecule has 0 spiro atoms. The molecule has 0 saturated heterocycles. The maximum Gasteiger partial charge on any atom is 0.137 e. The summed E-state index contributed by atoms with van der Waals surface area (Å²) >= 11 is 2.93. The van der Waals surface area contributed by atoms with Gasteiger partial charge in [-0.25, -0.2) is 8.78 Å². The maximum absolute atomic E-state index is 13.8. The quantitative estimate of drug-likeness (QED) is 0.872. The van der Waals surface area contributed by atoms with E-state index in [1.54, 1.807) is 6.07 Å². The van der Waals surface area contributed by atoms with Gasteiger partial charge >= 0.3 is 0 Å². The zero-order chi connectivity index (χ0) is 13.3. The van der Waals surface area contributed by atoms with Crippen LogP contribution in [0, 0.1) is 11.6 Å². The molecule has 0 aliphatic heterocycles. The fraction of sp³-hybridized carbons (Fsp3) is 0.231. The van der Waals surface area contributed by atoms with Gasteiger partial charge in [-0.1, -0.05) is 6.92 Å². The first-order valence-corrected chi connectivity index (χ1v) is 6.30. The predicted molar refractivity (Wildman–Crippen MR) is 68.2 cm³/mol. The largest absolute Gasteiger partial charge is 0.469 e. The van der Waals surface area contributed by atoms with Crippen LogP contribution in [0.15, 0.2) is 33.4 Å². The lowest BCUT2D eigenvalue weighted by Crippen LogP contribution is -2.15. The van der Waals surface area contributed by atoms with E-state index in [-0.39, 0.29) is 10.0 Å². The number of hydrogen-bond acceptors (Lipinski definition) is 2. The molecule has 0 aliphatic carbocycles. The molecule has 1 aromatic heterocycles. The normalized spacial score (nSPS) is 12.7. The summed E-state index contributed by atoms with van der Waals surface area (Å²) in [5.74, 6) is -0.396. The number of halogens is 3. The summed E-state index contributed by atoms with van der Waals surface area (Å²) in [5.41, 5.74) is 6.77. The monoisotopic (exact) mass is 315 g/mol. The second kappa shape index (κ2) is 5.20. The minimum absolute atomic E-state index is 0.0823. The Bertz CT molecular complexity index is 568. The zero-order valence-electron chi connectivity index (χ0n) is 9.71. The average Bonchev–Trinajstić information content (AvgIpc) is 2.81. The summed E-state index contributed by atoms with van der Waals surface area (Å²) < 4.78 is 32.6. The second-order valence-corrected chi connectivity index (χ2v) is 4.77. The van der Waals surface area contributed by atoms with Crippen LogP contribution in [-0.4, -0.2) is 0 Å². The molecule has 0 amide bonds. The van der Waals surface area contributed by atoms with Crippen LogP contribution in [0.4, 0.5) is 8.78 Å². The molecule has 2 N–H and O–H groups in total. The van der Waals surface area contributed by atoms with Crippen molar-refractivity contribution in [2.24, 2.45) is 5.73 Å². The van der Waals surface area contributed by atoms with Crippen molar-refractivity contribution in [3.63, 3.8) is 0 Å². The number of nitrogens with two attached hydrogens (primary N) is 1. The van der Waals surface area contributed by atoms with Gasteiger partial charge in [0, 0.05) is 17.5 Å². The lowest BCUT2D eigenvalue weighted by Gasteiger charge is -2.13. The van der Waals surface area contributed by atoms with Gasteiger partial charge in [-0.15, -0.1) is 0 Å². The van der Waals surface area contributed by atoms with Gasteiger partial charge in [-0.2, -0.15) is 0 Å². The molecule has 1 unspecified atom stereocenters. The molecule has 0 aliphatic rings. The highest BCUT2D eigenvalue weighted by Gasteiger charge is 2.20. The van der Waals surface area contributed by atoms with Gasteiger partial charge in [-0.3, -0.25) is 0 Å². The first kappa shape index (κ1) is 13.2. The maximum atomic E-state index is 13.8. The van der Waals surface area contributed by atoms with Crippen molar-refractivity contribution in [3.05, 3.63) is 57.5 Å². The van der Waals surface area contributed by atoms with Crippen molar-refractivity contribution in [1.82, 2.24) is 0 Å². The van der Waals surface area contributed by atoms with Gasteiger partial charge in [0.25, 0.3) is 0 Å². The fourth-order valence-electron chi connectivity index (χ4n) is 1.86. The van der Waals surface area contributed by atoms with E-state index in [4.69, 9.17) is 10.2 Å². The summed E-state index contributed by atoms with van der Waals surface area (Å²) in [6.07, 6.45) is 2.15. The fourth-order valence-corrected chi connectivity index (χ4v) is 2.17. The molecular formula is C13H12BrF2NO. The third-order valence-electron chi connectivity index (χ3n) is 2.81. The Morgan fingerprint density at radius 2 is 2.00 bits per heavy atom. The van der Waals surface area contributed by atoms with Crippen LogP contribution in [0.3, 0.4) is 0 Å². The molecule has 0 radical (unpaired) electrons. The smallest absolute Gasteiger partial charge is 0.137 e. The predicted octanol–water partition coefficient (Wildman–Crippen LogP) is 3.93. The third kappa shape index (κ3) is 2.33. The molecule has 0 bridgehead atoms. The Kier molecular flexibility index (Phi) is 3.82. The number of furan rings is 1. The topological polar surface area (TPSA) is 39.2 Å². The molecule has 5 heteroatoms. The van der Waals surface area contributed by atoms with Crippen molar-refractivity contribution in [2.75, 3.05) is 0 Å². The van der Waals surface area contributed by atoms with Crippen molar-refractivity contribution in [2.45, 2.75) is 19.4 Å². The van der Waals surface area contributed by atoms with E-state index in [0.29, 0.717) is 17.7 Å². The number of aryl methyl sites for hydroxylation is 1. The highest BCUT2D eigenvalue weighted by Crippen LogP contribution is 2.29. The Morgan fingerprint density at radius 1 is 1.28 bits per heavy atom. The molecular weight excluding hydrogens is 304 g/mol. The molecule has 1 heterocycles. The molecule has 2 nitrogen and oxygen atoms in total. The highest BCUT2D eigenvalue weighted by atomic mass is 79.9. The van der Waals surface area contributed by atoms with Crippen LogP contribution in [0.2, 0.25) is 0 Å². The minimum atomic E-state index is -0.735. The molecule has 1 atom stereocenters. The Morgan fingerprint density at radius 3 is 2.67 bits per heavy atom. The lowest BCUT2D eigenvalue weighted by atomic mass is 9.98. The van der Waals surface area contributed by atoms with E-state index in [9.17, 15) is 8.78 Å². The highest BCUT2D eigenvalue weighted by molar-refractivity contribution is 9.10. The molecule has 2 rings (SSSR count). The zero-order valence-corrected chi connectivity index (χ0v) is 11.3. The first-order chi connectivity index (χ1) is 8.54. The van der Waals surface area contributed by atoms with Crippen molar-refractivity contribution < 1.29 is 13.2 Å². The molecule has 0 fully saturated rings. The Balaban J connectivity index is 2.46. The summed E-state index contributed by atoms with van der Waals surface area (Å²) in [4.78, 5) is 0. The number of benzene rings is 1. The second-order valence-electron chi connectivity index (χ2n) is 3.92. The van der Waals surface area contributed by atoms with Crippen LogP contribution >= 0.6 is 15.9 Å². The molecule has 18 heavy (non-hydrogen) atoms. The van der Waals surface area contributed by atoms with E-state index < -0.39 is 17.7 Å². The van der Waals surface area contributed by atoms with E-state index in [1.165, 1.54) is 6.26 Å². The van der Waals surface area contributed by atoms with Gasteiger partial charge in [0.05, 0.1) is 16.8 Å². The van der Waals surface area contributed by atoms with Gasteiger partial charge in [0.2, 0.25) is 0 Å². The van der Waals surface area contributed by atoms with Gasteiger partial charge in [0.15, 0.2) is 0 Å². The van der Waals surface area contributed by atoms with E-state index >= 15 is 0 Å². The molecule has 1 aromatic carbocycles. The van der Waals surface area contributed by atoms with Crippen molar-refractivity contribution in [1.29, 1.82) is 0 Å². The molecule has 0 saturated carbocycles. The van der Waals surface area contributed by atoms with E-state index in [2.05, 4.69) is 15.9 Å². The third-order valence-corrected chi connectivity index (χ3v) is 3.42. The molecule has 96 valence electrons. The van der Waals surface area contributed by atoms with Crippen molar-refractivity contribution >= 4 is 15.9 Å². The van der Waals surface area contributed by atoms with Crippen LogP contribution in [-0.2, 0) is 6.42 Å². The SMILES string of the molecule is CCc1occc1C(N)c1cc(F)c(Br)cc1F.